The highest BCUT2D eigenvalue weighted by atomic mass is 32.1. The summed E-state index contributed by atoms with van der Waals surface area (Å²) in [5, 5.41) is 23.5. The Hall–Kier alpha value is -2.64. The number of guanidine groups is 1. The molecule has 1 atom stereocenters. The van der Waals surface area contributed by atoms with Gasteiger partial charge in [-0.2, -0.15) is 5.10 Å². The third kappa shape index (κ3) is 5.68. The number of rotatable bonds is 8. The molecule has 3 N–H and O–H groups in total. The molecular formula is C21H27N5OS. The molecule has 0 saturated heterocycles. The molecule has 2 heterocycles. The van der Waals surface area contributed by atoms with Crippen LogP contribution < -0.4 is 10.6 Å². The zero-order chi connectivity index (χ0) is 19.8. The molecular weight excluding hydrogens is 370 g/mol. The number of aliphatic imine (C=N–C) groups is 1. The van der Waals surface area contributed by atoms with E-state index >= 15 is 0 Å². The van der Waals surface area contributed by atoms with E-state index < -0.39 is 5.60 Å². The Morgan fingerprint density at radius 2 is 2.00 bits per heavy atom. The number of nitrogens with one attached hydrogen (secondary N) is 2. The zero-order valence-electron chi connectivity index (χ0n) is 16.3. The zero-order valence-corrected chi connectivity index (χ0v) is 17.1. The largest absolute Gasteiger partial charge is 0.383 e. The highest BCUT2D eigenvalue weighted by Gasteiger charge is 2.24. The second-order valence-electron chi connectivity index (χ2n) is 6.83. The Labute approximate surface area is 170 Å². The number of nitrogens with zero attached hydrogens (tertiary/aromatic N) is 3. The van der Waals surface area contributed by atoms with Crippen molar-refractivity contribution in [3.8, 4) is 0 Å². The predicted molar refractivity (Wildman–Crippen MR) is 114 cm³/mol. The van der Waals surface area contributed by atoms with Crippen molar-refractivity contribution in [2.75, 3.05) is 13.1 Å². The molecule has 2 aromatic heterocycles. The number of hydrogen-bond acceptors (Lipinski definition) is 4. The average molecular weight is 398 g/mol. The summed E-state index contributed by atoms with van der Waals surface area (Å²) in [5.74, 6) is 0.676. The lowest BCUT2D eigenvalue weighted by atomic mass is 10.1. The maximum atomic E-state index is 10.7. The Morgan fingerprint density at radius 1 is 1.18 bits per heavy atom. The van der Waals surface area contributed by atoms with Crippen LogP contribution in [-0.2, 0) is 18.7 Å². The minimum Gasteiger partial charge on any atom is -0.383 e. The topological polar surface area (TPSA) is 74.5 Å². The Kier molecular flexibility index (Phi) is 6.84. The third-order valence-electron chi connectivity index (χ3n) is 4.29. The quantitative estimate of drug-likeness (QED) is 0.404. The van der Waals surface area contributed by atoms with Crippen LogP contribution in [0.1, 0.15) is 29.9 Å². The predicted octanol–water partition coefficient (Wildman–Crippen LogP) is 2.96. The van der Waals surface area contributed by atoms with E-state index in [0.29, 0.717) is 19.0 Å². The van der Waals surface area contributed by atoms with Gasteiger partial charge >= 0.3 is 0 Å². The van der Waals surface area contributed by atoms with Gasteiger partial charge in [-0.25, -0.2) is 4.99 Å². The molecule has 0 aliphatic carbocycles. The van der Waals surface area contributed by atoms with Gasteiger partial charge in [-0.1, -0.05) is 36.4 Å². The molecule has 6 nitrogen and oxygen atoms in total. The molecule has 1 unspecified atom stereocenters. The van der Waals surface area contributed by atoms with E-state index in [9.17, 15) is 5.11 Å². The molecule has 0 bridgehead atoms. The van der Waals surface area contributed by atoms with Crippen LogP contribution in [0.5, 0.6) is 0 Å². The lowest BCUT2D eigenvalue weighted by Gasteiger charge is -2.23. The second-order valence-corrected chi connectivity index (χ2v) is 7.78. The molecule has 0 aliphatic heterocycles. The summed E-state index contributed by atoms with van der Waals surface area (Å²) in [4.78, 5) is 5.55. The normalized spacial score (nSPS) is 13.9. The SMILES string of the molecule is CCNC(=NCc1cnn(Cc2ccccc2)c1)NCC(C)(O)c1cccs1. The number of hydrogen-bond donors (Lipinski definition) is 3. The average Bonchev–Trinajstić information content (AvgIpc) is 3.37. The van der Waals surface area contributed by atoms with Crippen molar-refractivity contribution in [1.82, 2.24) is 20.4 Å². The summed E-state index contributed by atoms with van der Waals surface area (Å²) in [5.41, 5.74) is 1.31. The van der Waals surface area contributed by atoms with Gasteiger partial charge in [0.05, 0.1) is 25.8 Å². The van der Waals surface area contributed by atoms with Crippen molar-refractivity contribution in [2.24, 2.45) is 4.99 Å². The minimum atomic E-state index is -0.940. The van der Waals surface area contributed by atoms with Crippen LogP contribution in [0.4, 0.5) is 0 Å². The molecule has 3 aromatic rings. The van der Waals surface area contributed by atoms with Gasteiger partial charge in [0.15, 0.2) is 5.96 Å². The maximum absolute atomic E-state index is 10.7. The van der Waals surface area contributed by atoms with Crippen molar-refractivity contribution in [3.05, 3.63) is 76.2 Å². The summed E-state index contributed by atoms with van der Waals surface area (Å²) >= 11 is 1.55. The molecule has 1 aromatic carbocycles. The third-order valence-corrected chi connectivity index (χ3v) is 5.41. The minimum absolute atomic E-state index is 0.382. The lowest BCUT2D eigenvalue weighted by Crippen LogP contribution is -2.44. The highest BCUT2D eigenvalue weighted by molar-refractivity contribution is 7.10. The van der Waals surface area contributed by atoms with Crippen molar-refractivity contribution >= 4 is 17.3 Å². The van der Waals surface area contributed by atoms with Crippen LogP contribution in [0.3, 0.4) is 0 Å². The summed E-state index contributed by atoms with van der Waals surface area (Å²) < 4.78 is 1.92. The fourth-order valence-electron chi connectivity index (χ4n) is 2.79. The van der Waals surface area contributed by atoms with Gasteiger partial charge in [-0.15, -0.1) is 11.3 Å². The van der Waals surface area contributed by atoms with Gasteiger partial charge in [0.1, 0.15) is 5.60 Å². The van der Waals surface area contributed by atoms with E-state index in [1.54, 1.807) is 11.3 Å². The fourth-order valence-corrected chi connectivity index (χ4v) is 3.57. The van der Waals surface area contributed by atoms with Gasteiger partial charge in [0.25, 0.3) is 0 Å². The van der Waals surface area contributed by atoms with Crippen LogP contribution in [0, 0.1) is 0 Å². The first kappa shape index (κ1) is 20.1. The monoisotopic (exact) mass is 397 g/mol. The Bertz CT molecular complexity index is 871. The van der Waals surface area contributed by atoms with E-state index in [1.807, 2.05) is 66.6 Å². The summed E-state index contributed by atoms with van der Waals surface area (Å²) in [6.45, 7) is 6.22. The smallest absolute Gasteiger partial charge is 0.191 e. The molecule has 0 amide bonds. The number of aromatic nitrogens is 2. The molecule has 0 fully saturated rings. The van der Waals surface area contributed by atoms with E-state index in [0.717, 1.165) is 23.5 Å². The van der Waals surface area contributed by atoms with Gasteiger partial charge in [0.2, 0.25) is 0 Å². The van der Waals surface area contributed by atoms with Crippen LogP contribution >= 0.6 is 11.3 Å². The maximum Gasteiger partial charge on any atom is 0.191 e. The first-order valence-corrected chi connectivity index (χ1v) is 10.3. The van der Waals surface area contributed by atoms with Crippen molar-refractivity contribution < 1.29 is 5.11 Å². The van der Waals surface area contributed by atoms with Crippen LogP contribution in [0.25, 0.3) is 0 Å². The van der Waals surface area contributed by atoms with Gasteiger partial charge in [-0.05, 0) is 30.9 Å². The number of benzene rings is 1. The lowest BCUT2D eigenvalue weighted by molar-refractivity contribution is 0.0655. The fraction of sp³-hybridized carbons (Fsp3) is 0.333. The molecule has 7 heteroatoms. The summed E-state index contributed by atoms with van der Waals surface area (Å²) in [6.07, 6.45) is 3.86. The summed E-state index contributed by atoms with van der Waals surface area (Å²) in [7, 11) is 0. The van der Waals surface area contributed by atoms with Crippen molar-refractivity contribution in [1.29, 1.82) is 0 Å². The van der Waals surface area contributed by atoms with Crippen LogP contribution in [0.2, 0.25) is 0 Å². The van der Waals surface area contributed by atoms with Crippen molar-refractivity contribution in [2.45, 2.75) is 32.5 Å². The van der Waals surface area contributed by atoms with Gasteiger partial charge < -0.3 is 15.7 Å². The Balaban J connectivity index is 1.58. The van der Waals surface area contributed by atoms with Crippen LogP contribution in [-0.4, -0.2) is 33.9 Å². The molecule has 0 spiro atoms. The van der Waals surface area contributed by atoms with Gasteiger partial charge in [-0.3, -0.25) is 4.68 Å². The molecule has 0 aliphatic rings. The van der Waals surface area contributed by atoms with E-state index in [4.69, 9.17) is 0 Å². The molecule has 0 saturated carbocycles. The van der Waals surface area contributed by atoms with E-state index in [-0.39, 0.29) is 0 Å². The van der Waals surface area contributed by atoms with E-state index in [2.05, 4.69) is 32.9 Å². The van der Waals surface area contributed by atoms with Crippen LogP contribution in [0.15, 0.2) is 65.2 Å². The molecule has 3 rings (SSSR count). The molecule has 148 valence electrons. The molecule has 0 radical (unpaired) electrons. The van der Waals surface area contributed by atoms with Crippen molar-refractivity contribution in [3.63, 3.8) is 0 Å². The summed E-state index contributed by atoms with van der Waals surface area (Å²) in [6, 6.07) is 14.1. The number of aliphatic hydroxyl groups is 1. The molecule has 28 heavy (non-hydrogen) atoms. The second kappa shape index (κ2) is 9.52. The Morgan fingerprint density at radius 3 is 2.71 bits per heavy atom. The highest BCUT2D eigenvalue weighted by Crippen LogP contribution is 2.24. The first-order valence-electron chi connectivity index (χ1n) is 9.40. The standard InChI is InChI=1S/C21H27N5OS/c1-3-22-20(24-16-21(2,27)19-10-7-11-28-19)23-12-18-13-25-26(15-18)14-17-8-5-4-6-9-17/h4-11,13,15,27H,3,12,14,16H2,1-2H3,(H2,22,23,24). The van der Waals surface area contributed by atoms with E-state index in [1.165, 1.54) is 5.56 Å². The number of thiophene rings is 1. The van der Waals surface area contributed by atoms with Gasteiger partial charge in [0, 0.05) is 23.2 Å². The first-order chi connectivity index (χ1) is 13.6.